The summed E-state index contributed by atoms with van der Waals surface area (Å²) in [5, 5.41) is 14.2. The number of carbonyl (C=O) groups excluding carboxylic acids is 2. The Morgan fingerprint density at radius 3 is 2.45 bits per heavy atom. The highest BCUT2D eigenvalue weighted by Gasteiger charge is 2.30. The number of anilines is 2. The molecule has 0 bridgehead atoms. The maximum absolute atomic E-state index is 13.4. The normalized spacial score (nSPS) is 17.7. The van der Waals surface area contributed by atoms with Crippen LogP contribution in [-0.4, -0.2) is 65.0 Å². The Hall–Kier alpha value is -4.77. The first-order valence-corrected chi connectivity index (χ1v) is 14.1. The number of aromatic nitrogens is 3. The molecule has 216 valence electrons. The Balaban J connectivity index is 1.09. The second-order valence-electron chi connectivity index (χ2n) is 10.6. The molecule has 2 aliphatic heterocycles. The van der Waals surface area contributed by atoms with Crippen LogP contribution in [0.15, 0.2) is 71.5 Å². The summed E-state index contributed by atoms with van der Waals surface area (Å²) in [6, 6.07) is 21.1. The topological polar surface area (TPSA) is 122 Å². The van der Waals surface area contributed by atoms with Gasteiger partial charge in [-0.25, -0.2) is 0 Å². The van der Waals surface area contributed by atoms with Crippen LogP contribution in [0.3, 0.4) is 0 Å². The van der Waals surface area contributed by atoms with Gasteiger partial charge in [0.2, 0.25) is 5.91 Å². The molecular weight excluding hydrogens is 534 g/mol. The van der Waals surface area contributed by atoms with Gasteiger partial charge in [0.25, 0.3) is 11.5 Å². The van der Waals surface area contributed by atoms with E-state index >= 15 is 0 Å². The Morgan fingerprint density at radius 2 is 1.69 bits per heavy atom. The number of hydrogen-bond acceptors (Lipinski definition) is 9. The number of amides is 2. The molecule has 3 aromatic carbocycles. The average molecular weight is 568 g/mol. The van der Waals surface area contributed by atoms with Crippen molar-refractivity contribution in [1.29, 1.82) is 0 Å². The van der Waals surface area contributed by atoms with E-state index in [0.29, 0.717) is 23.1 Å². The van der Waals surface area contributed by atoms with Gasteiger partial charge in [0.05, 0.1) is 18.2 Å². The van der Waals surface area contributed by atoms with Gasteiger partial charge in [-0.05, 0) is 41.8 Å². The van der Waals surface area contributed by atoms with E-state index in [1.54, 1.807) is 13.2 Å². The summed E-state index contributed by atoms with van der Waals surface area (Å²) in [4.78, 5) is 42.1. The molecule has 6 rings (SSSR count). The molecule has 1 atom stereocenters. The van der Waals surface area contributed by atoms with Crippen LogP contribution in [0.2, 0.25) is 0 Å². The molecule has 0 spiro atoms. The van der Waals surface area contributed by atoms with Crippen LogP contribution in [0.4, 0.5) is 11.4 Å². The van der Waals surface area contributed by atoms with Crippen LogP contribution in [0.25, 0.3) is 10.9 Å². The number of hydrogen-bond donors (Lipinski definition) is 2. The van der Waals surface area contributed by atoms with Gasteiger partial charge in [0.1, 0.15) is 17.3 Å². The average Bonchev–Trinajstić information content (AvgIpc) is 3.02. The third-order valence-electron chi connectivity index (χ3n) is 7.93. The summed E-state index contributed by atoms with van der Waals surface area (Å²) in [7, 11) is 1.71. The lowest BCUT2D eigenvalue weighted by Gasteiger charge is -2.36. The second kappa shape index (κ2) is 12.0. The summed E-state index contributed by atoms with van der Waals surface area (Å²) in [5.74, 6) is 0.0236. The van der Waals surface area contributed by atoms with Crippen LogP contribution >= 0.6 is 0 Å². The van der Waals surface area contributed by atoms with Crippen molar-refractivity contribution in [3.8, 4) is 5.75 Å². The largest absolute Gasteiger partial charge is 0.495 e. The highest BCUT2D eigenvalue weighted by molar-refractivity contribution is 5.99. The Labute approximate surface area is 243 Å². The number of carbonyl (C=O) groups is 2. The first-order chi connectivity index (χ1) is 20.5. The number of nitrogens with one attached hydrogen (secondary N) is 2. The number of ether oxygens (including phenoxy) is 1. The van der Waals surface area contributed by atoms with Crippen molar-refractivity contribution in [2.24, 2.45) is 0 Å². The highest BCUT2D eigenvalue weighted by atomic mass is 16.5. The molecular formula is C31H33N7O4. The van der Waals surface area contributed by atoms with E-state index in [-0.39, 0.29) is 18.7 Å². The number of rotatable bonds is 8. The van der Waals surface area contributed by atoms with E-state index in [1.807, 2.05) is 30.3 Å². The van der Waals surface area contributed by atoms with Gasteiger partial charge in [-0.3, -0.25) is 24.6 Å². The van der Waals surface area contributed by atoms with E-state index in [2.05, 4.69) is 61.1 Å². The number of para-hydroxylation sites is 2. The van der Waals surface area contributed by atoms with E-state index < -0.39 is 17.5 Å². The summed E-state index contributed by atoms with van der Waals surface area (Å²) in [6.45, 7) is 5.24. The number of piperidine rings is 1. The summed E-state index contributed by atoms with van der Waals surface area (Å²) in [5.41, 5.74) is 4.10. The molecule has 1 unspecified atom stereocenters. The molecule has 42 heavy (non-hydrogen) atoms. The summed E-state index contributed by atoms with van der Waals surface area (Å²) >= 11 is 0. The molecule has 2 N–H and O–H groups in total. The quantitative estimate of drug-likeness (QED) is 0.310. The van der Waals surface area contributed by atoms with Crippen molar-refractivity contribution in [3.05, 3.63) is 88.2 Å². The lowest BCUT2D eigenvalue weighted by molar-refractivity contribution is -0.136. The molecule has 2 fully saturated rings. The standard InChI is InChI=1S/C31H33N7O4/c1-42-27-8-3-2-7-25(27)37-17-15-36(16-18-37)20-22-11-9-21(10-12-22)19-32-23-5-4-6-24-29(23)31(41)38(35-34-24)26-13-14-28(39)33-30(26)40/h2-12,26,32H,13-20H2,1H3,(H,33,39,40). The van der Waals surface area contributed by atoms with Gasteiger partial charge in [-0.2, -0.15) is 4.68 Å². The number of methoxy groups -OCH3 is 1. The SMILES string of the molecule is COc1ccccc1N1CCN(Cc2ccc(CNc3cccc4nnn(C5CCC(=O)NC5=O)c(=O)c34)cc2)CC1. The fourth-order valence-electron chi connectivity index (χ4n) is 5.62. The summed E-state index contributed by atoms with van der Waals surface area (Å²) < 4.78 is 6.62. The monoisotopic (exact) mass is 567 g/mol. The van der Waals surface area contributed by atoms with Gasteiger partial charge in [-0.1, -0.05) is 47.7 Å². The molecule has 0 radical (unpaired) electrons. The van der Waals surface area contributed by atoms with Crippen LogP contribution in [0.5, 0.6) is 5.75 Å². The van der Waals surface area contributed by atoms with Crippen molar-refractivity contribution < 1.29 is 14.3 Å². The number of benzene rings is 3. The van der Waals surface area contributed by atoms with Gasteiger partial charge >= 0.3 is 0 Å². The molecule has 1 aromatic heterocycles. The van der Waals surface area contributed by atoms with E-state index in [9.17, 15) is 14.4 Å². The van der Waals surface area contributed by atoms with Crippen molar-refractivity contribution in [2.75, 3.05) is 43.5 Å². The fraction of sp³-hybridized carbons (Fsp3) is 0.323. The van der Waals surface area contributed by atoms with Crippen LogP contribution in [0, 0.1) is 0 Å². The van der Waals surface area contributed by atoms with Gasteiger partial charge in [0, 0.05) is 51.4 Å². The Morgan fingerprint density at radius 1 is 0.929 bits per heavy atom. The van der Waals surface area contributed by atoms with E-state index in [4.69, 9.17) is 4.74 Å². The van der Waals surface area contributed by atoms with Crippen molar-refractivity contribution in [2.45, 2.75) is 32.0 Å². The minimum atomic E-state index is -0.864. The zero-order valence-corrected chi connectivity index (χ0v) is 23.5. The third-order valence-corrected chi connectivity index (χ3v) is 7.93. The molecule has 3 heterocycles. The smallest absolute Gasteiger partial charge is 0.280 e. The molecule has 11 nitrogen and oxygen atoms in total. The third kappa shape index (κ3) is 5.68. The minimum absolute atomic E-state index is 0.150. The lowest BCUT2D eigenvalue weighted by atomic mass is 10.1. The lowest BCUT2D eigenvalue weighted by Crippen LogP contribution is -2.46. The van der Waals surface area contributed by atoms with Crippen molar-refractivity contribution in [3.63, 3.8) is 0 Å². The fourth-order valence-corrected chi connectivity index (χ4v) is 5.62. The predicted octanol–water partition coefficient (Wildman–Crippen LogP) is 2.71. The summed E-state index contributed by atoms with van der Waals surface area (Å²) in [6.07, 6.45) is 0.363. The van der Waals surface area contributed by atoms with Crippen molar-refractivity contribution >= 4 is 34.1 Å². The van der Waals surface area contributed by atoms with Gasteiger partial charge in [-0.15, -0.1) is 5.10 Å². The van der Waals surface area contributed by atoms with Gasteiger partial charge in [0.15, 0.2) is 0 Å². The number of nitrogens with zero attached hydrogens (tertiary/aromatic N) is 5. The second-order valence-corrected chi connectivity index (χ2v) is 10.6. The molecule has 2 saturated heterocycles. The molecule has 2 aliphatic rings. The maximum Gasteiger partial charge on any atom is 0.280 e. The first-order valence-electron chi connectivity index (χ1n) is 14.1. The predicted molar refractivity (Wildman–Crippen MR) is 159 cm³/mol. The molecule has 2 amide bonds. The molecule has 0 aliphatic carbocycles. The molecule has 4 aromatic rings. The zero-order chi connectivity index (χ0) is 29.1. The van der Waals surface area contributed by atoms with Crippen LogP contribution in [0.1, 0.15) is 30.0 Å². The molecule has 11 heteroatoms. The first kappa shape index (κ1) is 27.4. The number of piperazine rings is 1. The van der Waals surface area contributed by atoms with Gasteiger partial charge < -0.3 is 15.0 Å². The van der Waals surface area contributed by atoms with Crippen LogP contribution in [-0.2, 0) is 22.7 Å². The maximum atomic E-state index is 13.4. The van der Waals surface area contributed by atoms with E-state index in [1.165, 1.54) is 5.56 Å². The number of fused-ring (bicyclic) bond motifs is 1. The number of imide groups is 1. The Kier molecular flexibility index (Phi) is 7.83. The zero-order valence-electron chi connectivity index (χ0n) is 23.5. The minimum Gasteiger partial charge on any atom is -0.495 e. The van der Waals surface area contributed by atoms with Crippen molar-refractivity contribution in [1.82, 2.24) is 25.2 Å². The molecule has 0 saturated carbocycles. The van der Waals surface area contributed by atoms with E-state index in [0.717, 1.165) is 54.4 Å². The Bertz CT molecular complexity index is 1660. The van der Waals surface area contributed by atoms with Crippen LogP contribution < -0.4 is 25.8 Å². The highest BCUT2D eigenvalue weighted by Crippen LogP contribution is 2.28.